The maximum atomic E-state index is 12.1. The highest BCUT2D eigenvalue weighted by molar-refractivity contribution is 8.00. The van der Waals surface area contributed by atoms with Gasteiger partial charge in [-0.2, -0.15) is 0 Å². The fraction of sp³-hybridized carbons (Fsp3) is 0.143. The molecule has 1 atom stereocenters. The fourth-order valence-corrected chi connectivity index (χ4v) is 2.49. The van der Waals surface area contributed by atoms with Crippen molar-refractivity contribution in [3.8, 4) is 0 Å². The first-order valence-electron chi connectivity index (χ1n) is 6.53. The third-order valence-electron chi connectivity index (χ3n) is 2.80. The number of benzene rings is 1. The topological polar surface area (TPSA) is 138 Å². The lowest BCUT2D eigenvalue weighted by molar-refractivity contribution is -0.115. The molecule has 1 unspecified atom stereocenters. The zero-order valence-electron chi connectivity index (χ0n) is 12.1. The van der Waals surface area contributed by atoms with Gasteiger partial charge in [0, 0.05) is 11.8 Å². The Bertz CT molecular complexity index is 788. The standard InChI is InChI=1S/C14H14N4O4S/c1-7(23-14-17-10(15)6-11(19)18-14)12(20)16-9-4-2-8(3-5-9)13(21)22/h2-7H,1H3,(H,16,20)(H,21,22)(H3,15,17,18,19). The summed E-state index contributed by atoms with van der Waals surface area (Å²) in [5, 5.41) is 11.2. The molecule has 1 aromatic carbocycles. The van der Waals surface area contributed by atoms with Crippen molar-refractivity contribution >= 4 is 35.1 Å². The Kier molecular flexibility index (Phi) is 5.02. The molecule has 0 saturated carbocycles. The van der Waals surface area contributed by atoms with Crippen LogP contribution in [0.25, 0.3) is 0 Å². The first-order chi connectivity index (χ1) is 10.8. The third-order valence-corrected chi connectivity index (χ3v) is 3.78. The molecule has 0 spiro atoms. The van der Waals surface area contributed by atoms with Crippen LogP contribution in [-0.2, 0) is 4.79 Å². The van der Waals surface area contributed by atoms with E-state index in [1.807, 2.05) is 0 Å². The number of hydrogen-bond acceptors (Lipinski definition) is 6. The van der Waals surface area contributed by atoms with Gasteiger partial charge in [-0.1, -0.05) is 11.8 Å². The molecular weight excluding hydrogens is 320 g/mol. The molecule has 0 radical (unpaired) electrons. The first-order valence-corrected chi connectivity index (χ1v) is 7.41. The second-order valence-corrected chi connectivity index (χ2v) is 5.94. The van der Waals surface area contributed by atoms with E-state index in [0.717, 1.165) is 17.8 Å². The second kappa shape index (κ2) is 6.97. The van der Waals surface area contributed by atoms with Gasteiger partial charge in [0.25, 0.3) is 5.56 Å². The van der Waals surface area contributed by atoms with Gasteiger partial charge >= 0.3 is 5.97 Å². The fourth-order valence-electron chi connectivity index (χ4n) is 1.67. The summed E-state index contributed by atoms with van der Waals surface area (Å²) >= 11 is 1.05. The molecule has 5 N–H and O–H groups in total. The Labute approximate surface area is 135 Å². The minimum absolute atomic E-state index is 0.0770. The van der Waals surface area contributed by atoms with Crippen LogP contribution in [-0.4, -0.2) is 32.2 Å². The van der Waals surface area contributed by atoms with E-state index in [4.69, 9.17) is 10.8 Å². The van der Waals surface area contributed by atoms with Crippen molar-refractivity contribution in [2.24, 2.45) is 0 Å². The third kappa shape index (κ3) is 4.58. The van der Waals surface area contributed by atoms with E-state index < -0.39 is 16.8 Å². The van der Waals surface area contributed by atoms with Crippen molar-refractivity contribution in [3.05, 3.63) is 46.2 Å². The molecule has 9 heteroatoms. The van der Waals surface area contributed by atoms with Gasteiger partial charge in [0.2, 0.25) is 5.91 Å². The molecule has 0 bridgehead atoms. The minimum Gasteiger partial charge on any atom is -0.478 e. The summed E-state index contributed by atoms with van der Waals surface area (Å²) in [6.45, 7) is 1.65. The normalized spacial score (nSPS) is 11.7. The average Bonchev–Trinajstić information content (AvgIpc) is 2.46. The number of H-pyrrole nitrogens is 1. The van der Waals surface area contributed by atoms with Gasteiger partial charge in [0.05, 0.1) is 10.8 Å². The van der Waals surface area contributed by atoms with E-state index in [-0.39, 0.29) is 22.4 Å². The number of carbonyl (C=O) groups is 2. The molecule has 0 aliphatic heterocycles. The first kappa shape index (κ1) is 16.6. The van der Waals surface area contributed by atoms with Crippen molar-refractivity contribution in [2.45, 2.75) is 17.3 Å². The zero-order valence-corrected chi connectivity index (χ0v) is 12.9. The Hall–Kier alpha value is -2.81. The minimum atomic E-state index is -1.04. The molecule has 1 aromatic heterocycles. The number of rotatable bonds is 5. The van der Waals surface area contributed by atoms with Crippen LogP contribution in [0.1, 0.15) is 17.3 Å². The lowest BCUT2D eigenvalue weighted by atomic mass is 10.2. The Morgan fingerprint density at radius 2 is 2.00 bits per heavy atom. The molecule has 1 heterocycles. The van der Waals surface area contributed by atoms with Crippen LogP contribution in [0.2, 0.25) is 0 Å². The van der Waals surface area contributed by atoms with E-state index >= 15 is 0 Å². The van der Waals surface area contributed by atoms with Crippen LogP contribution >= 0.6 is 11.8 Å². The number of nitrogen functional groups attached to an aromatic ring is 1. The summed E-state index contributed by atoms with van der Waals surface area (Å²) in [5.74, 6) is -1.28. The number of carboxylic acid groups (broad SMARTS) is 1. The van der Waals surface area contributed by atoms with Crippen molar-refractivity contribution in [1.29, 1.82) is 0 Å². The molecule has 0 aliphatic rings. The predicted octanol–water partition coefficient (Wildman–Crippen LogP) is 1.17. The number of aromatic nitrogens is 2. The van der Waals surface area contributed by atoms with Gasteiger partial charge in [-0.3, -0.25) is 9.59 Å². The monoisotopic (exact) mass is 334 g/mol. The molecule has 120 valence electrons. The Balaban J connectivity index is 2.02. The van der Waals surface area contributed by atoms with Gasteiger partial charge in [0.1, 0.15) is 5.82 Å². The average molecular weight is 334 g/mol. The number of thioether (sulfide) groups is 1. The number of amides is 1. The quantitative estimate of drug-likeness (QED) is 0.475. The summed E-state index contributed by atoms with van der Waals surface area (Å²) < 4.78 is 0. The lowest BCUT2D eigenvalue weighted by Gasteiger charge is -2.11. The van der Waals surface area contributed by atoms with Crippen molar-refractivity contribution in [2.75, 3.05) is 11.1 Å². The largest absolute Gasteiger partial charge is 0.478 e. The molecule has 2 rings (SSSR count). The number of carbonyl (C=O) groups excluding carboxylic acids is 1. The van der Waals surface area contributed by atoms with E-state index in [2.05, 4.69) is 15.3 Å². The number of aromatic amines is 1. The van der Waals surface area contributed by atoms with Gasteiger partial charge in [0.15, 0.2) is 5.16 Å². The number of carboxylic acids is 1. The van der Waals surface area contributed by atoms with E-state index in [0.29, 0.717) is 5.69 Å². The van der Waals surface area contributed by atoms with Crippen LogP contribution in [0.5, 0.6) is 0 Å². The number of nitrogens with two attached hydrogens (primary N) is 1. The maximum absolute atomic E-state index is 12.1. The molecular formula is C14H14N4O4S. The molecule has 23 heavy (non-hydrogen) atoms. The number of nitrogens with zero attached hydrogens (tertiary/aromatic N) is 1. The van der Waals surface area contributed by atoms with Crippen LogP contribution in [0.3, 0.4) is 0 Å². The SMILES string of the molecule is CC(Sc1nc(N)cc(=O)[nH]1)C(=O)Nc1ccc(C(=O)O)cc1. The van der Waals surface area contributed by atoms with Crippen molar-refractivity contribution in [1.82, 2.24) is 9.97 Å². The van der Waals surface area contributed by atoms with Crippen LogP contribution in [0.15, 0.2) is 40.3 Å². The van der Waals surface area contributed by atoms with E-state index in [1.54, 1.807) is 6.92 Å². The van der Waals surface area contributed by atoms with Crippen molar-refractivity contribution < 1.29 is 14.7 Å². The highest BCUT2D eigenvalue weighted by Gasteiger charge is 2.16. The lowest BCUT2D eigenvalue weighted by Crippen LogP contribution is -2.23. The smallest absolute Gasteiger partial charge is 0.335 e. The summed E-state index contributed by atoms with van der Waals surface area (Å²) in [6, 6.07) is 6.94. The number of anilines is 2. The van der Waals surface area contributed by atoms with E-state index in [9.17, 15) is 14.4 Å². The zero-order chi connectivity index (χ0) is 17.0. The molecule has 2 aromatic rings. The number of aromatic carboxylic acids is 1. The van der Waals surface area contributed by atoms with Gasteiger partial charge in [-0.15, -0.1) is 0 Å². The van der Waals surface area contributed by atoms with Gasteiger partial charge in [-0.05, 0) is 31.2 Å². The van der Waals surface area contributed by atoms with Gasteiger partial charge in [-0.25, -0.2) is 9.78 Å². The van der Waals surface area contributed by atoms with Crippen LogP contribution < -0.4 is 16.6 Å². The van der Waals surface area contributed by atoms with Crippen LogP contribution in [0.4, 0.5) is 11.5 Å². The van der Waals surface area contributed by atoms with E-state index in [1.165, 1.54) is 24.3 Å². The summed E-state index contributed by atoms with van der Waals surface area (Å²) in [6.07, 6.45) is 0. The van der Waals surface area contributed by atoms with Crippen LogP contribution in [0, 0.1) is 0 Å². The van der Waals surface area contributed by atoms with Crippen molar-refractivity contribution in [3.63, 3.8) is 0 Å². The molecule has 0 fully saturated rings. The predicted molar refractivity (Wildman–Crippen MR) is 86.6 cm³/mol. The highest BCUT2D eigenvalue weighted by atomic mass is 32.2. The molecule has 0 aliphatic carbocycles. The summed E-state index contributed by atoms with van der Waals surface area (Å²) in [4.78, 5) is 40.6. The molecule has 0 saturated heterocycles. The molecule has 1 amide bonds. The summed E-state index contributed by atoms with van der Waals surface area (Å²) in [7, 11) is 0. The summed E-state index contributed by atoms with van der Waals surface area (Å²) in [5.41, 5.74) is 5.69. The number of hydrogen-bond donors (Lipinski definition) is 4. The Morgan fingerprint density at radius 3 is 2.57 bits per heavy atom. The van der Waals surface area contributed by atoms with Gasteiger partial charge < -0.3 is 21.1 Å². The highest BCUT2D eigenvalue weighted by Crippen LogP contribution is 2.20. The number of nitrogens with one attached hydrogen (secondary N) is 2. The second-order valence-electron chi connectivity index (χ2n) is 4.61. The molecule has 8 nitrogen and oxygen atoms in total. The Morgan fingerprint density at radius 1 is 1.35 bits per heavy atom. The maximum Gasteiger partial charge on any atom is 0.335 e.